The standard InChI is InChI=1S/C12H22N2/c13-7-10-6-12(5-9-1-2-9)14(8-10)11-3-4-11/h9-12H,1-8,13H2. The van der Waals surface area contributed by atoms with E-state index in [4.69, 9.17) is 5.73 Å². The lowest BCUT2D eigenvalue weighted by Gasteiger charge is -2.23. The zero-order chi connectivity index (χ0) is 9.54. The summed E-state index contributed by atoms with van der Waals surface area (Å²) in [6.45, 7) is 2.21. The molecule has 2 nitrogen and oxygen atoms in total. The highest BCUT2D eigenvalue weighted by Crippen LogP contribution is 2.42. The van der Waals surface area contributed by atoms with Crippen molar-refractivity contribution in [3.63, 3.8) is 0 Å². The highest BCUT2D eigenvalue weighted by Gasteiger charge is 2.41. The fourth-order valence-electron chi connectivity index (χ4n) is 3.04. The average Bonchev–Trinajstić information content (AvgIpc) is 3.06. The Balaban J connectivity index is 1.60. The zero-order valence-corrected chi connectivity index (χ0v) is 8.99. The second kappa shape index (κ2) is 3.49. The lowest BCUT2D eigenvalue weighted by Crippen LogP contribution is -2.32. The van der Waals surface area contributed by atoms with Gasteiger partial charge in [0.15, 0.2) is 0 Å². The van der Waals surface area contributed by atoms with E-state index in [1.54, 1.807) is 0 Å². The Morgan fingerprint density at radius 3 is 2.43 bits per heavy atom. The van der Waals surface area contributed by atoms with Crippen LogP contribution in [0.25, 0.3) is 0 Å². The van der Waals surface area contributed by atoms with Crippen molar-refractivity contribution in [2.75, 3.05) is 13.1 Å². The third-order valence-electron chi connectivity index (χ3n) is 4.20. The molecule has 1 heterocycles. The van der Waals surface area contributed by atoms with E-state index in [9.17, 15) is 0 Å². The lowest BCUT2D eigenvalue weighted by atomic mass is 10.0. The Bertz CT molecular complexity index is 208. The molecule has 0 spiro atoms. The van der Waals surface area contributed by atoms with Crippen LogP contribution in [0.15, 0.2) is 0 Å². The summed E-state index contributed by atoms with van der Waals surface area (Å²) in [4.78, 5) is 2.79. The largest absolute Gasteiger partial charge is 0.330 e. The van der Waals surface area contributed by atoms with Gasteiger partial charge in [-0.15, -0.1) is 0 Å². The molecule has 0 amide bonds. The number of hydrogen-bond donors (Lipinski definition) is 1. The van der Waals surface area contributed by atoms with E-state index in [0.29, 0.717) is 0 Å². The summed E-state index contributed by atoms with van der Waals surface area (Å²) in [6.07, 6.45) is 8.79. The molecule has 2 unspecified atom stereocenters. The van der Waals surface area contributed by atoms with Gasteiger partial charge in [-0.3, -0.25) is 4.90 Å². The molecule has 0 aromatic carbocycles. The molecule has 2 heteroatoms. The number of nitrogens with two attached hydrogens (primary N) is 1. The molecular formula is C12H22N2. The minimum atomic E-state index is 0.805. The Morgan fingerprint density at radius 1 is 1.07 bits per heavy atom. The van der Waals surface area contributed by atoms with Crippen LogP contribution in [0.2, 0.25) is 0 Å². The van der Waals surface area contributed by atoms with Crippen molar-refractivity contribution in [3.05, 3.63) is 0 Å². The van der Waals surface area contributed by atoms with E-state index in [1.165, 1.54) is 45.1 Å². The topological polar surface area (TPSA) is 29.3 Å². The molecule has 80 valence electrons. The SMILES string of the molecule is NCC1CC(CC2CC2)N(C2CC2)C1. The third-order valence-corrected chi connectivity index (χ3v) is 4.20. The first-order valence-electron chi connectivity index (χ1n) is 6.32. The fraction of sp³-hybridized carbons (Fsp3) is 1.00. The number of rotatable bonds is 4. The Labute approximate surface area is 86.8 Å². The summed E-state index contributed by atoms with van der Waals surface area (Å²) in [6, 6.07) is 1.86. The molecule has 0 aromatic heterocycles. The van der Waals surface area contributed by atoms with Crippen molar-refractivity contribution in [2.45, 2.75) is 50.6 Å². The van der Waals surface area contributed by atoms with Crippen molar-refractivity contribution in [1.82, 2.24) is 4.90 Å². The van der Waals surface area contributed by atoms with Crippen molar-refractivity contribution < 1.29 is 0 Å². The molecular weight excluding hydrogens is 172 g/mol. The molecule has 1 saturated heterocycles. The summed E-state index contributed by atoms with van der Waals surface area (Å²) < 4.78 is 0. The molecule has 2 N–H and O–H groups in total. The third kappa shape index (κ3) is 1.82. The molecule has 2 aliphatic carbocycles. The molecule has 2 atom stereocenters. The van der Waals surface area contributed by atoms with Gasteiger partial charge in [0, 0.05) is 18.6 Å². The second-order valence-corrected chi connectivity index (χ2v) is 5.60. The van der Waals surface area contributed by atoms with Gasteiger partial charge in [-0.25, -0.2) is 0 Å². The quantitative estimate of drug-likeness (QED) is 0.736. The van der Waals surface area contributed by atoms with Gasteiger partial charge in [-0.05, 0) is 44.1 Å². The second-order valence-electron chi connectivity index (χ2n) is 5.60. The van der Waals surface area contributed by atoms with E-state index in [0.717, 1.165) is 30.5 Å². The van der Waals surface area contributed by atoms with Crippen molar-refractivity contribution >= 4 is 0 Å². The minimum Gasteiger partial charge on any atom is -0.330 e. The highest BCUT2D eigenvalue weighted by molar-refractivity contribution is 4.97. The van der Waals surface area contributed by atoms with Crippen LogP contribution < -0.4 is 5.73 Å². The van der Waals surface area contributed by atoms with Crippen LogP contribution in [0.4, 0.5) is 0 Å². The zero-order valence-electron chi connectivity index (χ0n) is 8.99. The van der Waals surface area contributed by atoms with Crippen LogP contribution in [-0.4, -0.2) is 30.1 Å². The normalized spacial score (nSPS) is 39.2. The summed E-state index contributed by atoms with van der Waals surface area (Å²) in [5.41, 5.74) is 5.80. The van der Waals surface area contributed by atoms with Gasteiger partial charge in [-0.1, -0.05) is 12.8 Å². The first-order valence-corrected chi connectivity index (χ1v) is 6.32. The van der Waals surface area contributed by atoms with Gasteiger partial charge >= 0.3 is 0 Å². The molecule has 0 bridgehead atoms. The van der Waals surface area contributed by atoms with Gasteiger partial charge in [0.25, 0.3) is 0 Å². The Hall–Kier alpha value is -0.0800. The maximum atomic E-state index is 5.80. The predicted molar refractivity (Wildman–Crippen MR) is 58.0 cm³/mol. The lowest BCUT2D eigenvalue weighted by molar-refractivity contribution is 0.224. The Morgan fingerprint density at radius 2 is 1.86 bits per heavy atom. The maximum absolute atomic E-state index is 5.80. The maximum Gasteiger partial charge on any atom is 0.0104 e. The van der Waals surface area contributed by atoms with Crippen LogP contribution in [0.3, 0.4) is 0 Å². The smallest absolute Gasteiger partial charge is 0.0104 e. The molecule has 1 aliphatic heterocycles. The molecule has 0 aromatic rings. The van der Waals surface area contributed by atoms with Crippen LogP contribution in [0.5, 0.6) is 0 Å². The Kier molecular flexibility index (Phi) is 2.29. The van der Waals surface area contributed by atoms with Gasteiger partial charge in [0.1, 0.15) is 0 Å². The molecule has 3 fully saturated rings. The van der Waals surface area contributed by atoms with Gasteiger partial charge in [0.05, 0.1) is 0 Å². The molecule has 2 saturated carbocycles. The van der Waals surface area contributed by atoms with E-state index in [1.807, 2.05) is 0 Å². The summed E-state index contributed by atoms with van der Waals surface area (Å²) >= 11 is 0. The number of nitrogens with zero attached hydrogens (tertiary/aromatic N) is 1. The number of likely N-dealkylation sites (tertiary alicyclic amines) is 1. The van der Waals surface area contributed by atoms with Crippen LogP contribution >= 0.6 is 0 Å². The van der Waals surface area contributed by atoms with Gasteiger partial charge < -0.3 is 5.73 Å². The molecule has 14 heavy (non-hydrogen) atoms. The minimum absolute atomic E-state index is 0.805. The fourth-order valence-corrected chi connectivity index (χ4v) is 3.04. The monoisotopic (exact) mass is 194 g/mol. The van der Waals surface area contributed by atoms with Crippen molar-refractivity contribution in [3.8, 4) is 0 Å². The van der Waals surface area contributed by atoms with Gasteiger partial charge in [-0.2, -0.15) is 0 Å². The van der Waals surface area contributed by atoms with E-state index < -0.39 is 0 Å². The molecule has 3 aliphatic rings. The first-order chi connectivity index (χ1) is 6.86. The van der Waals surface area contributed by atoms with Crippen LogP contribution in [-0.2, 0) is 0 Å². The number of hydrogen-bond acceptors (Lipinski definition) is 2. The summed E-state index contributed by atoms with van der Waals surface area (Å²) in [5.74, 6) is 1.89. The van der Waals surface area contributed by atoms with Crippen molar-refractivity contribution in [2.24, 2.45) is 17.6 Å². The van der Waals surface area contributed by atoms with E-state index >= 15 is 0 Å². The first kappa shape index (κ1) is 9.17. The van der Waals surface area contributed by atoms with Gasteiger partial charge in [0.2, 0.25) is 0 Å². The predicted octanol–water partition coefficient (Wildman–Crippen LogP) is 1.60. The van der Waals surface area contributed by atoms with E-state index in [-0.39, 0.29) is 0 Å². The van der Waals surface area contributed by atoms with E-state index in [2.05, 4.69) is 4.90 Å². The molecule has 3 rings (SSSR count). The summed E-state index contributed by atoms with van der Waals surface area (Å²) in [7, 11) is 0. The highest BCUT2D eigenvalue weighted by atomic mass is 15.2. The van der Waals surface area contributed by atoms with Crippen LogP contribution in [0, 0.1) is 11.8 Å². The van der Waals surface area contributed by atoms with Crippen molar-refractivity contribution in [1.29, 1.82) is 0 Å². The average molecular weight is 194 g/mol. The summed E-state index contributed by atoms with van der Waals surface area (Å²) in [5, 5.41) is 0. The molecule has 0 radical (unpaired) electrons. The van der Waals surface area contributed by atoms with Crippen LogP contribution in [0.1, 0.15) is 38.5 Å².